The van der Waals surface area contributed by atoms with Gasteiger partial charge in [-0.05, 0) is 156 Å². The van der Waals surface area contributed by atoms with Gasteiger partial charge in [0, 0.05) is 22.5 Å². The quantitative estimate of drug-likeness (QED) is 0.155. The highest BCUT2D eigenvalue weighted by Crippen LogP contribution is 2.50. The highest BCUT2D eigenvalue weighted by Gasteiger charge is 2.35. The monoisotopic (exact) mass is 795 g/mol. The van der Waals surface area contributed by atoms with Gasteiger partial charge in [-0.3, -0.25) is 0 Å². The minimum atomic E-state index is -0.00443. The fraction of sp³-hybridized carbons (Fsp3) is 0.115. The lowest BCUT2D eigenvalue weighted by molar-refractivity contribution is 0.660. The summed E-state index contributed by atoms with van der Waals surface area (Å²) in [6.07, 6.45) is 1.07. The summed E-state index contributed by atoms with van der Waals surface area (Å²) in [5.41, 5.74) is 25.8. The molecule has 0 aliphatic heterocycles. The zero-order valence-corrected chi connectivity index (χ0v) is 35.9. The Kier molecular flexibility index (Phi) is 9.16. The third-order valence-corrected chi connectivity index (χ3v) is 13.8. The molecule has 298 valence electrons. The van der Waals surface area contributed by atoms with E-state index in [-0.39, 0.29) is 5.41 Å². The molecule has 0 bridgehead atoms. The van der Waals surface area contributed by atoms with E-state index in [1.54, 1.807) is 0 Å². The first-order valence-corrected chi connectivity index (χ1v) is 22.1. The van der Waals surface area contributed by atoms with E-state index in [0.717, 1.165) is 23.5 Å². The van der Waals surface area contributed by atoms with Crippen molar-refractivity contribution in [2.24, 2.45) is 0 Å². The zero-order valence-electron chi connectivity index (χ0n) is 35.9. The van der Waals surface area contributed by atoms with Crippen LogP contribution in [0.4, 0.5) is 17.1 Å². The number of nitrogens with zero attached hydrogens (tertiary/aromatic N) is 1. The van der Waals surface area contributed by atoms with Gasteiger partial charge in [0.1, 0.15) is 0 Å². The second kappa shape index (κ2) is 15.0. The number of hydrogen-bond donors (Lipinski definition) is 0. The summed E-state index contributed by atoms with van der Waals surface area (Å²) in [6.45, 7) is 9.36. The predicted molar refractivity (Wildman–Crippen MR) is 263 cm³/mol. The summed E-state index contributed by atoms with van der Waals surface area (Å²) in [5.74, 6) is 0.443. The standard InChI is InChI=1S/C61H49N/c1-40-38-47-16-8-9-17-53(47)56-22-13-21-55(60(40)56)52-20-12-19-51(41(52)2)45-28-35-50(36-29-45)62(48-31-24-43(25-32-48)42-14-6-5-7-15-42)49-33-26-44(27-34-49)46-30-37-59-57(39-46)54-18-10-11-23-58(54)61(59,3)4/h5-37,39-40H,38H2,1-4H3. The Balaban J connectivity index is 0.952. The average molecular weight is 796 g/mol. The Labute approximate surface area is 366 Å². The van der Waals surface area contributed by atoms with Crippen molar-refractivity contribution >= 4 is 17.1 Å². The van der Waals surface area contributed by atoms with Gasteiger partial charge >= 0.3 is 0 Å². The second-order valence-electron chi connectivity index (χ2n) is 17.8. The van der Waals surface area contributed by atoms with Gasteiger partial charge in [0.15, 0.2) is 0 Å². The van der Waals surface area contributed by atoms with Crippen LogP contribution in [0.5, 0.6) is 0 Å². The van der Waals surface area contributed by atoms with Gasteiger partial charge in [-0.25, -0.2) is 0 Å². The molecule has 62 heavy (non-hydrogen) atoms. The molecule has 0 spiro atoms. The molecule has 0 fully saturated rings. The third-order valence-electron chi connectivity index (χ3n) is 13.8. The van der Waals surface area contributed by atoms with Crippen LogP contribution in [0, 0.1) is 6.92 Å². The van der Waals surface area contributed by atoms with Crippen LogP contribution in [-0.4, -0.2) is 0 Å². The normalized spacial score (nSPS) is 14.4. The Bertz CT molecular complexity index is 3120. The number of fused-ring (bicyclic) bond motifs is 6. The summed E-state index contributed by atoms with van der Waals surface area (Å²) in [6, 6.07) is 76.4. The lowest BCUT2D eigenvalue weighted by atomic mass is 9.75. The molecule has 2 aliphatic rings. The molecule has 9 aromatic rings. The molecule has 0 aromatic heterocycles. The van der Waals surface area contributed by atoms with Crippen LogP contribution in [0.3, 0.4) is 0 Å². The van der Waals surface area contributed by atoms with E-state index < -0.39 is 0 Å². The first-order chi connectivity index (χ1) is 30.3. The van der Waals surface area contributed by atoms with Crippen LogP contribution in [0.25, 0.3) is 66.8 Å². The SMILES string of the molecule is Cc1c(-c2ccc(N(c3ccc(-c4ccccc4)cc3)c3ccc(-c4ccc5c(c4)-c4ccccc4C5(C)C)cc3)cc2)cccc1-c1cccc2c1C(C)Cc1ccccc1-2. The third kappa shape index (κ3) is 6.31. The van der Waals surface area contributed by atoms with Crippen molar-refractivity contribution in [3.05, 3.63) is 234 Å². The van der Waals surface area contributed by atoms with E-state index in [2.05, 4.69) is 239 Å². The van der Waals surface area contributed by atoms with Gasteiger partial charge in [-0.1, -0.05) is 185 Å². The van der Waals surface area contributed by atoms with E-state index in [0.29, 0.717) is 5.92 Å². The maximum absolute atomic E-state index is 2.39. The lowest BCUT2D eigenvalue weighted by Crippen LogP contribution is -2.14. The van der Waals surface area contributed by atoms with Crippen LogP contribution in [0.1, 0.15) is 54.5 Å². The fourth-order valence-electron chi connectivity index (χ4n) is 10.6. The van der Waals surface area contributed by atoms with Crippen LogP contribution < -0.4 is 4.90 Å². The van der Waals surface area contributed by atoms with Gasteiger partial charge in [0.25, 0.3) is 0 Å². The Morgan fingerprint density at radius 2 is 0.855 bits per heavy atom. The molecular formula is C61H49N. The minimum absolute atomic E-state index is 0.00443. The van der Waals surface area contributed by atoms with Gasteiger partial charge in [0.2, 0.25) is 0 Å². The van der Waals surface area contributed by atoms with Crippen LogP contribution in [0.2, 0.25) is 0 Å². The highest BCUT2D eigenvalue weighted by molar-refractivity contribution is 5.88. The molecule has 1 heteroatoms. The summed E-state index contributed by atoms with van der Waals surface area (Å²) in [4.78, 5) is 2.38. The number of hydrogen-bond acceptors (Lipinski definition) is 1. The topological polar surface area (TPSA) is 3.24 Å². The van der Waals surface area contributed by atoms with E-state index in [1.807, 2.05) is 0 Å². The molecule has 0 radical (unpaired) electrons. The number of benzene rings is 9. The van der Waals surface area contributed by atoms with Crippen molar-refractivity contribution in [3.8, 4) is 66.8 Å². The molecule has 0 N–H and O–H groups in total. The molecule has 9 aromatic carbocycles. The molecule has 1 nitrogen and oxygen atoms in total. The van der Waals surface area contributed by atoms with E-state index in [1.165, 1.54) is 94.6 Å². The summed E-state index contributed by atoms with van der Waals surface area (Å²) < 4.78 is 0. The molecule has 0 saturated carbocycles. The van der Waals surface area contributed by atoms with Crippen molar-refractivity contribution in [1.82, 2.24) is 0 Å². The Hall–Kier alpha value is -7.22. The molecule has 1 unspecified atom stereocenters. The molecule has 0 saturated heterocycles. The maximum Gasteiger partial charge on any atom is 0.0462 e. The van der Waals surface area contributed by atoms with Crippen molar-refractivity contribution in [1.29, 1.82) is 0 Å². The first kappa shape index (κ1) is 37.8. The largest absolute Gasteiger partial charge is 0.311 e. The molecule has 2 aliphatic carbocycles. The van der Waals surface area contributed by atoms with Crippen molar-refractivity contribution < 1.29 is 0 Å². The Morgan fingerprint density at radius 3 is 1.53 bits per heavy atom. The van der Waals surface area contributed by atoms with E-state index in [4.69, 9.17) is 0 Å². The first-order valence-electron chi connectivity index (χ1n) is 22.1. The van der Waals surface area contributed by atoms with Gasteiger partial charge < -0.3 is 4.90 Å². The minimum Gasteiger partial charge on any atom is -0.311 e. The van der Waals surface area contributed by atoms with E-state index >= 15 is 0 Å². The average Bonchev–Trinajstić information content (AvgIpc) is 3.55. The lowest BCUT2D eigenvalue weighted by Gasteiger charge is -2.28. The van der Waals surface area contributed by atoms with Crippen molar-refractivity contribution in [2.45, 2.75) is 45.4 Å². The van der Waals surface area contributed by atoms with Crippen molar-refractivity contribution in [2.75, 3.05) is 4.90 Å². The zero-order chi connectivity index (χ0) is 42.0. The van der Waals surface area contributed by atoms with Crippen molar-refractivity contribution in [3.63, 3.8) is 0 Å². The van der Waals surface area contributed by atoms with Crippen LogP contribution in [-0.2, 0) is 11.8 Å². The fourth-order valence-corrected chi connectivity index (χ4v) is 10.6. The predicted octanol–water partition coefficient (Wildman–Crippen LogP) is 16.8. The van der Waals surface area contributed by atoms with Gasteiger partial charge in [0.05, 0.1) is 0 Å². The summed E-state index contributed by atoms with van der Waals surface area (Å²) >= 11 is 0. The smallest absolute Gasteiger partial charge is 0.0462 e. The highest BCUT2D eigenvalue weighted by atomic mass is 15.1. The maximum atomic E-state index is 2.39. The Morgan fingerprint density at radius 1 is 0.387 bits per heavy atom. The number of anilines is 3. The molecule has 11 rings (SSSR count). The van der Waals surface area contributed by atoms with Crippen LogP contribution in [0.15, 0.2) is 206 Å². The molecule has 0 heterocycles. The van der Waals surface area contributed by atoms with Crippen LogP contribution >= 0.6 is 0 Å². The number of rotatable bonds is 7. The molecular weight excluding hydrogens is 747 g/mol. The van der Waals surface area contributed by atoms with E-state index in [9.17, 15) is 0 Å². The second-order valence-corrected chi connectivity index (χ2v) is 17.8. The molecule has 1 atom stereocenters. The molecule has 0 amide bonds. The van der Waals surface area contributed by atoms with Gasteiger partial charge in [-0.15, -0.1) is 0 Å². The van der Waals surface area contributed by atoms with Gasteiger partial charge in [-0.2, -0.15) is 0 Å². The summed E-state index contributed by atoms with van der Waals surface area (Å²) in [5, 5.41) is 0. The summed E-state index contributed by atoms with van der Waals surface area (Å²) in [7, 11) is 0.